The summed E-state index contributed by atoms with van der Waals surface area (Å²) in [6.07, 6.45) is 3.48. The zero-order valence-corrected chi connectivity index (χ0v) is 18.6. The predicted octanol–water partition coefficient (Wildman–Crippen LogP) is 6.10. The number of nitrogens with zero attached hydrogens (tertiary/aromatic N) is 1. The second-order valence-corrected chi connectivity index (χ2v) is 11.1. The number of rotatable bonds is 7. The molecule has 1 fully saturated rings. The molecule has 1 aromatic rings. The van der Waals surface area contributed by atoms with E-state index in [9.17, 15) is 4.57 Å². The maximum atomic E-state index is 14.4. The van der Waals surface area contributed by atoms with Crippen molar-refractivity contribution in [1.82, 2.24) is 4.67 Å². The van der Waals surface area contributed by atoms with Crippen LogP contribution in [0.2, 0.25) is 0 Å². The SMILES string of the molecule is CC1CCC(C(C)C)C(OP(=O)(c2ccccc2)N(C(C)C)C(C)C)C1. The maximum absolute atomic E-state index is 14.4. The van der Waals surface area contributed by atoms with Crippen LogP contribution in [0.3, 0.4) is 0 Å². The van der Waals surface area contributed by atoms with E-state index >= 15 is 0 Å². The topological polar surface area (TPSA) is 29.5 Å². The van der Waals surface area contributed by atoms with Gasteiger partial charge in [0.05, 0.1) is 11.4 Å². The molecule has 0 spiro atoms. The molecule has 0 radical (unpaired) electrons. The molecule has 4 unspecified atom stereocenters. The zero-order valence-electron chi connectivity index (χ0n) is 17.7. The van der Waals surface area contributed by atoms with E-state index in [2.05, 4.69) is 53.1 Å². The third-order valence-corrected chi connectivity index (χ3v) is 8.72. The molecule has 0 aliphatic heterocycles. The van der Waals surface area contributed by atoms with E-state index in [0.29, 0.717) is 17.8 Å². The summed E-state index contributed by atoms with van der Waals surface area (Å²) in [5.41, 5.74) is 0. The van der Waals surface area contributed by atoms with Gasteiger partial charge < -0.3 is 4.52 Å². The molecule has 1 aliphatic carbocycles. The Bertz CT molecular complexity index is 591. The van der Waals surface area contributed by atoms with Gasteiger partial charge in [-0.2, -0.15) is 0 Å². The fraction of sp³-hybridized carbons (Fsp3) is 0.727. The summed E-state index contributed by atoms with van der Waals surface area (Å²) in [4.78, 5) is 0. The molecule has 1 aromatic carbocycles. The lowest BCUT2D eigenvalue weighted by atomic mass is 9.75. The van der Waals surface area contributed by atoms with Gasteiger partial charge in [-0.05, 0) is 70.4 Å². The second-order valence-electron chi connectivity index (χ2n) is 8.89. The van der Waals surface area contributed by atoms with E-state index in [-0.39, 0.29) is 18.2 Å². The van der Waals surface area contributed by atoms with Gasteiger partial charge in [-0.1, -0.05) is 45.4 Å². The van der Waals surface area contributed by atoms with Crippen LogP contribution in [0.1, 0.15) is 67.7 Å². The van der Waals surface area contributed by atoms with Gasteiger partial charge in [0, 0.05) is 12.1 Å². The third-order valence-electron chi connectivity index (χ3n) is 5.68. The minimum atomic E-state index is -3.13. The Morgan fingerprint density at radius 3 is 2.08 bits per heavy atom. The van der Waals surface area contributed by atoms with E-state index in [1.54, 1.807) is 0 Å². The van der Waals surface area contributed by atoms with Crippen LogP contribution in [-0.4, -0.2) is 22.9 Å². The average Bonchev–Trinajstić information content (AvgIpc) is 2.54. The van der Waals surface area contributed by atoms with Crippen molar-refractivity contribution in [2.24, 2.45) is 17.8 Å². The Kier molecular flexibility index (Phi) is 7.53. The molecule has 0 N–H and O–H groups in total. The van der Waals surface area contributed by atoms with Gasteiger partial charge in [-0.25, -0.2) is 4.67 Å². The molecule has 1 saturated carbocycles. The van der Waals surface area contributed by atoms with Crippen LogP contribution in [0, 0.1) is 17.8 Å². The maximum Gasteiger partial charge on any atom is 0.303 e. The predicted molar refractivity (Wildman–Crippen MR) is 112 cm³/mol. The van der Waals surface area contributed by atoms with Gasteiger partial charge in [-0.3, -0.25) is 4.57 Å². The average molecular weight is 380 g/mol. The summed E-state index contributed by atoms with van der Waals surface area (Å²) >= 11 is 0. The molecule has 0 aromatic heterocycles. The van der Waals surface area contributed by atoms with Crippen LogP contribution < -0.4 is 5.30 Å². The van der Waals surface area contributed by atoms with Gasteiger partial charge >= 0.3 is 7.52 Å². The highest BCUT2D eigenvalue weighted by Crippen LogP contribution is 2.55. The number of hydrogen-bond acceptors (Lipinski definition) is 2. The van der Waals surface area contributed by atoms with Crippen LogP contribution in [0.4, 0.5) is 0 Å². The first-order chi connectivity index (χ1) is 12.2. The summed E-state index contributed by atoms with van der Waals surface area (Å²) in [6.45, 7) is 15.3. The molecule has 3 nitrogen and oxygen atoms in total. The lowest BCUT2D eigenvalue weighted by Gasteiger charge is -2.43. The second kappa shape index (κ2) is 9.04. The monoisotopic (exact) mass is 379 g/mol. The van der Waals surface area contributed by atoms with E-state index in [0.717, 1.165) is 11.7 Å². The fourth-order valence-electron chi connectivity index (χ4n) is 4.49. The van der Waals surface area contributed by atoms with Crippen molar-refractivity contribution in [3.63, 3.8) is 0 Å². The van der Waals surface area contributed by atoms with E-state index < -0.39 is 7.52 Å². The summed E-state index contributed by atoms with van der Waals surface area (Å²) in [5.74, 6) is 1.65. The van der Waals surface area contributed by atoms with Crippen molar-refractivity contribution >= 4 is 12.8 Å². The minimum absolute atomic E-state index is 0.0600. The molecule has 0 saturated heterocycles. The van der Waals surface area contributed by atoms with Crippen LogP contribution in [0.5, 0.6) is 0 Å². The van der Waals surface area contributed by atoms with Crippen molar-refractivity contribution in [3.8, 4) is 0 Å². The molecule has 26 heavy (non-hydrogen) atoms. The summed E-state index contributed by atoms with van der Waals surface area (Å²) < 4.78 is 23.2. The lowest BCUT2D eigenvalue weighted by molar-refractivity contribution is 0.0390. The lowest BCUT2D eigenvalue weighted by Crippen LogP contribution is -2.42. The van der Waals surface area contributed by atoms with Crippen molar-refractivity contribution in [2.75, 3.05) is 0 Å². The van der Waals surface area contributed by atoms with Crippen LogP contribution in [0.15, 0.2) is 30.3 Å². The number of hydrogen-bond donors (Lipinski definition) is 0. The Morgan fingerprint density at radius 1 is 1.00 bits per heavy atom. The Balaban J connectivity index is 2.45. The Morgan fingerprint density at radius 2 is 1.58 bits per heavy atom. The van der Waals surface area contributed by atoms with Gasteiger partial charge in [0.1, 0.15) is 0 Å². The largest absolute Gasteiger partial charge is 0.310 e. The molecule has 0 heterocycles. The van der Waals surface area contributed by atoms with E-state index in [4.69, 9.17) is 4.52 Å². The highest BCUT2D eigenvalue weighted by molar-refractivity contribution is 7.64. The van der Waals surface area contributed by atoms with Crippen LogP contribution >= 0.6 is 7.52 Å². The van der Waals surface area contributed by atoms with Crippen molar-refractivity contribution < 1.29 is 9.09 Å². The van der Waals surface area contributed by atoms with E-state index in [1.807, 2.05) is 30.3 Å². The summed E-state index contributed by atoms with van der Waals surface area (Å²) in [7, 11) is -3.13. The molecular formula is C22H38NO2P. The number of benzene rings is 1. The van der Waals surface area contributed by atoms with Gasteiger partial charge in [0.2, 0.25) is 0 Å². The molecule has 1 aliphatic rings. The zero-order chi connectivity index (χ0) is 19.5. The first kappa shape index (κ1) is 21.7. The minimum Gasteiger partial charge on any atom is -0.310 e. The third kappa shape index (κ3) is 4.80. The van der Waals surface area contributed by atoms with Crippen molar-refractivity contribution in [1.29, 1.82) is 0 Å². The van der Waals surface area contributed by atoms with Crippen molar-refractivity contribution in [3.05, 3.63) is 30.3 Å². The molecule has 148 valence electrons. The van der Waals surface area contributed by atoms with Crippen molar-refractivity contribution in [2.45, 2.75) is 85.9 Å². The fourth-order valence-corrected chi connectivity index (χ4v) is 7.36. The van der Waals surface area contributed by atoms with Gasteiger partial charge in [0.25, 0.3) is 0 Å². The summed E-state index contributed by atoms with van der Waals surface area (Å²) in [5, 5.41) is 0.822. The Labute approximate surface area is 161 Å². The molecule has 0 bridgehead atoms. The standard InChI is InChI=1S/C22H38NO2P/c1-16(2)21-14-13-19(7)15-22(21)25-26(24,20-11-9-8-10-12-20)23(17(3)4)18(5)6/h8-12,16-19,21-22H,13-15H2,1-7H3. The van der Waals surface area contributed by atoms with Crippen LogP contribution in [0.25, 0.3) is 0 Å². The van der Waals surface area contributed by atoms with Gasteiger partial charge in [0.15, 0.2) is 0 Å². The normalized spacial score (nSPS) is 26.7. The quantitative estimate of drug-likeness (QED) is 0.536. The van der Waals surface area contributed by atoms with Gasteiger partial charge in [-0.15, -0.1) is 0 Å². The molecular weight excluding hydrogens is 341 g/mol. The summed E-state index contributed by atoms with van der Waals surface area (Å²) in [6, 6.07) is 10.1. The molecule has 0 amide bonds. The highest BCUT2D eigenvalue weighted by atomic mass is 31.2. The molecule has 4 atom stereocenters. The molecule has 2 rings (SSSR count). The first-order valence-corrected chi connectivity index (χ1v) is 11.9. The first-order valence-electron chi connectivity index (χ1n) is 10.3. The highest BCUT2D eigenvalue weighted by Gasteiger charge is 2.43. The van der Waals surface area contributed by atoms with E-state index in [1.165, 1.54) is 12.8 Å². The Hall–Kier alpha value is -0.630. The molecule has 4 heteroatoms. The van der Waals surface area contributed by atoms with Crippen LogP contribution in [-0.2, 0) is 9.09 Å². The smallest absolute Gasteiger partial charge is 0.303 e.